The standard InChI is InChI=1S/C12H19BrN2O2S/c1-15(10-12-6-3-2-4-7-12)9-5-8-14-18(16,17)11-13/h2-4,6-7,14H,5,8-11H2,1H3. The minimum Gasteiger partial charge on any atom is -0.302 e. The van der Waals surface area contributed by atoms with E-state index in [2.05, 4.69) is 37.7 Å². The summed E-state index contributed by atoms with van der Waals surface area (Å²) in [6.45, 7) is 2.22. The molecule has 0 heterocycles. The van der Waals surface area contributed by atoms with E-state index >= 15 is 0 Å². The van der Waals surface area contributed by atoms with E-state index in [9.17, 15) is 8.42 Å². The van der Waals surface area contributed by atoms with Crippen LogP contribution in [-0.2, 0) is 16.6 Å². The van der Waals surface area contributed by atoms with Crippen LogP contribution in [0.3, 0.4) is 0 Å². The average Bonchev–Trinajstić information content (AvgIpc) is 2.36. The third-order valence-electron chi connectivity index (χ3n) is 2.48. The molecule has 0 unspecified atom stereocenters. The van der Waals surface area contributed by atoms with Crippen molar-refractivity contribution in [3.63, 3.8) is 0 Å². The zero-order valence-corrected chi connectivity index (χ0v) is 12.9. The Hall–Kier alpha value is -0.430. The Balaban J connectivity index is 2.20. The molecule has 0 bridgehead atoms. The van der Waals surface area contributed by atoms with Crippen molar-refractivity contribution in [3.05, 3.63) is 35.9 Å². The first-order chi connectivity index (χ1) is 8.53. The number of sulfonamides is 1. The summed E-state index contributed by atoms with van der Waals surface area (Å²) >= 11 is 2.94. The number of nitrogens with zero attached hydrogens (tertiary/aromatic N) is 1. The molecule has 6 heteroatoms. The van der Waals surface area contributed by atoms with Gasteiger partial charge in [0.1, 0.15) is 4.66 Å². The van der Waals surface area contributed by atoms with E-state index in [0.29, 0.717) is 6.54 Å². The molecule has 0 saturated carbocycles. The molecule has 1 aromatic rings. The highest BCUT2D eigenvalue weighted by Gasteiger charge is 2.06. The molecule has 0 amide bonds. The number of hydrogen-bond acceptors (Lipinski definition) is 3. The third-order valence-corrected chi connectivity index (χ3v) is 5.22. The number of rotatable bonds is 8. The smallest absolute Gasteiger partial charge is 0.221 e. The molecule has 0 aliphatic rings. The number of nitrogens with one attached hydrogen (secondary N) is 1. The fraction of sp³-hybridized carbons (Fsp3) is 0.500. The molecule has 1 N–H and O–H groups in total. The fourth-order valence-electron chi connectivity index (χ4n) is 1.59. The van der Waals surface area contributed by atoms with Gasteiger partial charge in [-0.1, -0.05) is 46.3 Å². The van der Waals surface area contributed by atoms with Gasteiger partial charge in [0.05, 0.1) is 0 Å². The van der Waals surface area contributed by atoms with Gasteiger partial charge < -0.3 is 4.90 Å². The summed E-state index contributed by atoms with van der Waals surface area (Å²) in [4.78, 5) is 2.18. The van der Waals surface area contributed by atoms with Gasteiger partial charge in [0, 0.05) is 13.1 Å². The van der Waals surface area contributed by atoms with Gasteiger partial charge in [-0.25, -0.2) is 13.1 Å². The molecule has 18 heavy (non-hydrogen) atoms. The molecular formula is C12H19BrN2O2S. The molecule has 0 radical (unpaired) electrons. The van der Waals surface area contributed by atoms with Gasteiger partial charge in [-0.05, 0) is 25.6 Å². The van der Waals surface area contributed by atoms with E-state index in [1.54, 1.807) is 0 Å². The van der Waals surface area contributed by atoms with Crippen LogP contribution in [0.25, 0.3) is 0 Å². The molecule has 1 rings (SSSR count). The molecule has 0 fully saturated rings. The van der Waals surface area contributed by atoms with Gasteiger partial charge in [0.15, 0.2) is 0 Å². The summed E-state index contributed by atoms with van der Waals surface area (Å²) in [5.74, 6) is 0. The lowest BCUT2D eigenvalue weighted by Crippen LogP contribution is -2.28. The average molecular weight is 335 g/mol. The Labute approximate surface area is 118 Å². The lowest BCUT2D eigenvalue weighted by Gasteiger charge is -2.16. The normalized spacial score (nSPS) is 11.9. The van der Waals surface area contributed by atoms with Crippen LogP contribution in [0.5, 0.6) is 0 Å². The van der Waals surface area contributed by atoms with E-state index < -0.39 is 10.0 Å². The first kappa shape index (κ1) is 15.6. The van der Waals surface area contributed by atoms with Crippen molar-refractivity contribution in [1.29, 1.82) is 0 Å². The first-order valence-electron chi connectivity index (χ1n) is 5.79. The topological polar surface area (TPSA) is 49.4 Å². The molecule has 0 saturated heterocycles. The Morgan fingerprint density at radius 1 is 1.28 bits per heavy atom. The van der Waals surface area contributed by atoms with E-state index in [-0.39, 0.29) is 4.66 Å². The maximum Gasteiger partial charge on any atom is 0.221 e. The zero-order valence-electron chi connectivity index (χ0n) is 10.5. The summed E-state index contributed by atoms with van der Waals surface area (Å²) in [5.41, 5.74) is 1.26. The maximum absolute atomic E-state index is 11.2. The second kappa shape index (κ2) is 7.89. The number of hydrogen-bond donors (Lipinski definition) is 1. The molecule has 1 aromatic carbocycles. The quantitative estimate of drug-likeness (QED) is 0.582. The molecule has 0 spiro atoms. The second-order valence-electron chi connectivity index (χ2n) is 4.20. The fourth-order valence-corrected chi connectivity index (χ4v) is 2.61. The first-order valence-corrected chi connectivity index (χ1v) is 8.56. The van der Waals surface area contributed by atoms with E-state index in [1.807, 2.05) is 25.2 Å². The largest absolute Gasteiger partial charge is 0.302 e. The molecule has 0 aliphatic carbocycles. The minimum atomic E-state index is -3.13. The van der Waals surface area contributed by atoms with Crippen molar-refractivity contribution in [2.75, 3.05) is 24.8 Å². The minimum absolute atomic E-state index is 0.0418. The highest BCUT2D eigenvalue weighted by atomic mass is 79.9. The Morgan fingerprint density at radius 2 is 1.94 bits per heavy atom. The SMILES string of the molecule is CN(CCCNS(=O)(=O)CBr)Cc1ccccc1. The van der Waals surface area contributed by atoms with Gasteiger partial charge in [0.2, 0.25) is 10.0 Å². The molecule has 0 aliphatic heterocycles. The van der Waals surface area contributed by atoms with Crippen LogP contribution in [-0.4, -0.2) is 38.1 Å². The van der Waals surface area contributed by atoms with Gasteiger partial charge in [0.25, 0.3) is 0 Å². The highest BCUT2D eigenvalue weighted by molar-refractivity contribution is 9.10. The predicted octanol–water partition coefficient (Wildman–Crippen LogP) is 1.78. The summed E-state index contributed by atoms with van der Waals surface area (Å²) < 4.78 is 24.8. The van der Waals surface area contributed by atoms with Gasteiger partial charge >= 0.3 is 0 Å². The second-order valence-corrected chi connectivity index (χ2v) is 7.31. The Morgan fingerprint density at radius 3 is 2.56 bits per heavy atom. The summed E-state index contributed by atoms with van der Waals surface area (Å²) in [5, 5.41) is 0. The predicted molar refractivity (Wildman–Crippen MR) is 78.1 cm³/mol. The Kier molecular flexibility index (Phi) is 6.85. The molecule has 4 nitrogen and oxygen atoms in total. The third kappa shape index (κ3) is 6.49. The van der Waals surface area contributed by atoms with Crippen LogP contribution in [0.1, 0.15) is 12.0 Å². The molecular weight excluding hydrogens is 316 g/mol. The number of benzene rings is 1. The Bertz CT molecular complexity index is 437. The van der Waals surface area contributed by atoms with Crippen LogP contribution < -0.4 is 4.72 Å². The summed E-state index contributed by atoms with van der Waals surface area (Å²) in [7, 11) is -1.09. The van der Waals surface area contributed by atoms with Crippen LogP contribution in [0.2, 0.25) is 0 Å². The lowest BCUT2D eigenvalue weighted by molar-refractivity contribution is 0.322. The van der Waals surface area contributed by atoms with Gasteiger partial charge in [-0.2, -0.15) is 0 Å². The van der Waals surface area contributed by atoms with Gasteiger partial charge in [-0.15, -0.1) is 0 Å². The van der Waals surface area contributed by atoms with Crippen LogP contribution in [0.15, 0.2) is 30.3 Å². The van der Waals surface area contributed by atoms with Crippen molar-refractivity contribution in [2.45, 2.75) is 13.0 Å². The molecule has 0 atom stereocenters. The summed E-state index contributed by atoms with van der Waals surface area (Å²) in [6.07, 6.45) is 0.801. The zero-order chi connectivity index (χ0) is 13.4. The molecule has 102 valence electrons. The van der Waals surface area contributed by atoms with Crippen molar-refractivity contribution < 1.29 is 8.42 Å². The van der Waals surface area contributed by atoms with E-state index in [4.69, 9.17) is 0 Å². The van der Waals surface area contributed by atoms with Crippen LogP contribution in [0, 0.1) is 0 Å². The number of halogens is 1. The van der Waals surface area contributed by atoms with Crippen molar-refractivity contribution in [1.82, 2.24) is 9.62 Å². The maximum atomic E-state index is 11.2. The van der Waals surface area contributed by atoms with E-state index in [1.165, 1.54) is 5.56 Å². The van der Waals surface area contributed by atoms with Gasteiger partial charge in [-0.3, -0.25) is 0 Å². The summed E-state index contributed by atoms with van der Waals surface area (Å²) in [6, 6.07) is 10.2. The van der Waals surface area contributed by atoms with Crippen LogP contribution >= 0.6 is 15.9 Å². The van der Waals surface area contributed by atoms with E-state index in [0.717, 1.165) is 19.5 Å². The van der Waals surface area contributed by atoms with Crippen molar-refractivity contribution in [2.24, 2.45) is 0 Å². The van der Waals surface area contributed by atoms with Crippen molar-refractivity contribution in [3.8, 4) is 0 Å². The lowest BCUT2D eigenvalue weighted by atomic mass is 10.2. The van der Waals surface area contributed by atoms with Crippen LogP contribution in [0.4, 0.5) is 0 Å². The number of alkyl halides is 1. The van der Waals surface area contributed by atoms with Crippen molar-refractivity contribution >= 4 is 26.0 Å². The molecule has 0 aromatic heterocycles. The highest BCUT2D eigenvalue weighted by Crippen LogP contribution is 2.02. The monoisotopic (exact) mass is 334 g/mol.